The van der Waals surface area contributed by atoms with E-state index in [4.69, 9.17) is 16.0 Å². The third kappa shape index (κ3) is 3.33. The summed E-state index contributed by atoms with van der Waals surface area (Å²) in [5, 5.41) is 15.1. The standard InChI is InChI=1S/C21H13ClN2O4/c22-15-10-8-13(9-11-15)19-17-6-1-2-7-18(17)28-21(19)23-20(25)14-4-3-5-16(12-14)24(26)27/h1-12H,(H,23,25). The number of carbonyl (C=O) groups is 1. The van der Waals surface area contributed by atoms with Gasteiger partial charge in [0.1, 0.15) is 5.58 Å². The Hall–Kier alpha value is -3.64. The molecule has 28 heavy (non-hydrogen) atoms. The van der Waals surface area contributed by atoms with Gasteiger partial charge in [0, 0.05) is 28.1 Å². The molecule has 1 N–H and O–H groups in total. The summed E-state index contributed by atoms with van der Waals surface area (Å²) in [6.45, 7) is 0. The summed E-state index contributed by atoms with van der Waals surface area (Å²) >= 11 is 5.99. The van der Waals surface area contributed by atoms with E-state index >= 15 is 0 Å². The van der Waals surface area contributed by atoms with Crippen LogP contribution in [0.3, 0.4) is 0 Å². The smallest absolute Gasteiger partial charge is 0.270 e. The lowest BCUT2D eigenvalue weighted by molar-refractivity contribution is -0.384. The van der Waals surface area contributed by atoms with Crippen LogP contribution in [-0.2, 0) is 0 Å². The number of rotatable bonds is 4. The van der Waals surface area contributed by atoms with E-state index in [1.54, 1.807) is 18.2 Å². The number of nitrogens with zero attached hydrogens (tertiary/aromatic N) is 1. The first-order chi connectivity index (χ1) is 13.5. The Morgan fingerprint density at radius 1 is 1.00 bits per heavy atom. The Labute approximate surface area is 164 Å². The first-order valence-electron chi connectivity index (χ1n) is 8.36. The highest BCUT2D eigenvalue weighted by Gasteiger charge is 2.19. The number of nitro groups is 1. The zero-order chi connectivity index (χ0) is 19.7. The summed E-state index contributed by atoms with van der Waals surface area (Å²) in [5.41, 5.74) is 2.16. The van der Waals surface area contributed by atoms with Crippen LogP contribution in [0.15, 0.2) is 77.2 Å². The van der Waals surface area contributed by atoms with Gasteiger partial charge in [-0.2, -0.15) is 0 Å². The highest BCUT2D eigenvalue weighted by molar-refractivity contribution is 6.30. The number of anilines is 1. The van der Waals surface area contributed by atoms with Crippen LogP contribution < -0.4 is 5.32 Å². The van der Waals surface area contributed by atoms with Gasteiger partial charge in [0.25, 0.3) is 11.6 Å². The third-order valence-electron chi connectivity index (χ3n) is 4.27. The van der Waals surface area contributed by atoms with Gasteiger partial charge in [-0.05, 0) is 29.8 Å². The van der Waals surface area contributed by atoms with Crippen LogP contribution in [0.25, 0.3) is 22.1 Å². The van der Waals surface area contributed by atoms with Gasteiger partial charge in [-0.15, -0.1) is 0 Å². The fourth-order valence-electron chi connectivity index (χ4n) is 2.97. The van der Waals surface area contributed by atoms with Crippen LogP contribution >= 0.6 is 11.6 Å². The number of fused-ring (bicyclic) bond motifs is 1. The lowest BCUT2D eigenvalue weighted by atomic mass is 10.0. The third-order valence-corrected chi connectivity index (χ3v) is 4.53. The number of para-hydroxylation sites is 1. The summed E-state index contributed by atoms with van der Waals surface area (Å²) in [5.74, 6) is -0.238. The van der Waals surface area contributed by atoms with E-state index in [-0.39, 0.29) is 17.1 Å². The number of amides is 1. The SMILES string of the molecule is O=C(Nc1oc2ccccc2c1-c1ccc(Cl)cc1)c1cccc([N+](=O)[O-])c1. The Balaban J connectivity index is 1.77. The molecule has 0 unspecified atom stereocenters. The van der Waals surface area contributed by atoms with Gasteiger partial charge >= 0.3 is 0 Å². The van der Waals surface area contributed by atoms with Crippen LogP contribution in [0.5, 0.6) is 0 Å². The number of carbonyl (C=O) groups excluding carboxylic acids is 1. The van der Waals surface area contributed by atoms with Crippen molar-refractivity contribution in [3.63, 3.8) is 0 Å². The molecule has 1 amide bonds. The molecular weight excluding hydrogens is 380 g/mol. The maximum Gasteiger partial charge on any atom is 0.270 e. The Kier molecular flexibility index (Phi) is 4.55. The first kappa shape index (κ1) is 17.8. The molecule has 7 heteroatoms. The monoisotopic (exact) mass is 392 g/mol. The number of nitro benzene ring substituents is 1. The molecule has 0 radical (unpaired) electrons. The summed E-state index contributed by atoms with van der Waals surface area (Å²) in [6, 6.07) is 20.1. The molecule has 1 heterocycles. The highest BCUT2D eigenvalue weighted by atomic mass is 35.5. The van der Waals surface area contributed by atoms with Crippen LogP contribution in [-0.4, -0.2) is 10.8 Å². The van der Waals surface area contributed by atoms with Crippen molar-refractivity contribution in [3.8, 4) is 11.1 Å². The summed E-state index contributed by atoms with van der Waals surface area (Å²) in [6.07, 6.45) is 0. The van der Waals surface area contributed by atoms with Crippen LogP contribution in [0.4, 0.5) is 11.6 Å². The van der Waals surface area contributed by atoms with Crippen molar-refractivity contribution < 1.29 is 14.1 Å². The molecule has 0 saturated heterocycles. The molecule has 0 aliphatic heterocycles. The fourth-order valence-corrected chi connectivity index (χ4v) is 3.10. The molecule has 3 aromatic carbocycles. The Bertz CT molecular complexity index is 1200. The predicted molar refractivity (Wildman–Crippen MR) is 108 cm³/mol. The van der Waals surface area contributed by atoms with Crippen LogP contribution in [0.1, 0.15) is 10.4 Å². The number of benzene rings is 3. The van der Waals surface area contributed by atoms with E-state index in [1.165, 1.54) is 24.3 Å². The molecule has 4 rings (SSSR count). The van der Waals surface area contributed by atoms with Crippen LogP contribution in [0, 0.1) is 10.1 Å². The second-order valence-corrected chi connectivity index (χ2v) is 6.51. The number of nitrogens with one attached hydrogen (secondary N) is 1. The zero-order valence-corrected chi connectivity index (χ0v) is 15.1. The molecule has 6 nitrogen and oxygen atoms in total. The topological polar surface area (TPSA) is 85.4 Å². The molecule has 4 aromatic rings. The van der Waals surface area contributed by atoms with Gasteiger partial charge < -0.3 is 4.42 Å². The van der Waals surface area contributed by atoms with Crippen molar-refractivity contribution in [2.45, 2.75) is 0 Å². The molecule has 0 spiro atoms. The maximum absolute atomic E-state index is 12.7. The molecule has 0 bridgehead atoms. The zero-order valence-electron chi connectivity index (χ0n) is 14.4. The molecular formula is C21H13ClN2O4. The minimum Gasteiger partial charge on any atom is -0.440 e. The maximum atomic E-state index is 12.7. The predicted octanol–water partition coefficient (Wildman–Crippen LogP) is 5.91. The van der Waals surface area contributed by atoms with Crippen molar-refractivity contribution in [2.75, 3.05) is 5.32 Å². The van der Waals surface area contributed by atoms with Gasteiger partial charge in [-0.3, -0.25) is 20.2 Å². The number of hydrogen-bond donors (Lipinski definition) is 1. The van der Waals surface area contributed by atoms with Gasteiger partial charge in [0.2, 0.25) is 5.88 Å². The van der Waals surface area contributed by atoms with Crippen molar-refractivity contribution in [1.29, 1.82) is 0 Å². The molecule has 1 aromatic heterocycles. The summed E-state index contributed by atoms with van der Waals surface area (Å²) in [7, 11) is 0. The largest absolute Gasteiger partial charge is 0.440 e. The lowest BCUT2D eigenvalue weighted by Gasteiger charge is -2.06. The van der Waals surface area contributed by atoms with E-state index in [1.807, 2.05) is 30.3 Å². The summed E-state index contributed by atoms with van der Waals surface area (Å²) < 4.78 is 5.85. The minimum atomic E-state index is -0.545. The molecule has 0 aliphatic rings. The van der Waals surface area contributed by atoms with Gasteiger partial charge in [-0.1, -0.05) is 48.0 Å². The molecule has 0 fully saturated rings. The molecule has 0 atom stereocenters. The average molecular weight is 393 g/mol. The highest BCUT2D eigenvalue weighted by Crippen LogP contribution is 2.39. The molecule has 138 valence electrons. The fraction of sp³-hybridized carbons (Fsp3) is 0. The number of halogens is 1. The Morgan fingerprint density at radius 3 is 2.50 bits per heavy atom. The first-order valence-corrected chi connectivity index (χ1v) is 8.74. The normalized spacial score (nSPS) is 10.8. The van der Waals surface area contributed by atoms with Gasteiger partial charge in [0.15, 0.2) is 0 Å². The van der Waals surface area contributed by atoms with E-state index in [0.717, 1.165) is 10.9 Å². The average Bonchev–Trinajstić information content (AvgIpc) is 3.06. The van der Waals surface area contributed by atoms with Gasteiger partial charge in [-0.25, -0.2) is 0 Å². The summed E-state index contributed by atoms with van der Waals surface area (Å²) in [4.78, 5) is 23.1. The van der Waals surface area contributed by atoms with Crippen LogP contribution in [0.2, 0.25) is 5.02 Å². The van der Waals surface area contributed by atoms with E-state index in [0.29, 0.717) is 16.2 Å². The van der Waals surface area contributed by atoms with Crippen molar-refractivity contribution in [1.82, 2.24) is 0 Å². The number of furan rings is 1. The number of hydrogen-bond acceptors (Lipinski definition) is 4. The van der Waals surface area contributed by atoms with E-state index in [2.05, 4.69) is 5.32 Å². The van der Waals surface area contributed by atoms with Crippen molar-refractivity contribution >= 4 is 40.0 Å². The number of non-ortho nitro benzene ring substituents is 1. The van der Waals surface area contributed by atoms with Crippen molar-refractivity contribution in [3.05, 3.63) is 93.5 Å². The van der Waals surface area contributed by atoms with Gasteiger partial charge in [0.05, 0.1) is 10.5 Å². The quantitative estimate of drug-likeness (QED) is 0.345. The second-order valence-electron chi connectivity index (χ2n) is 6.07. The second kappa shape index (κ2) is 7.17. The lowest BCUT2D eigenvalue weighted by Crippen LogP contribution is -2.12. The molecule has 0 saturated carbocycles. The van der Waals surface area contributed by atoms with E-state index < -0.39 is 10.8 Å². The Morgan fingerprint density at radius 2 is 1.75 bits per heavy atom. The van der Waals surface area contributed by atoms with Crippen molar-refractivity contribution in [2.24, 2.45) is 0 Å². The van der Waals surface area contributed by atoms with E-state index in [9.17, 15) is 14.9 Å². The molecule has 0 aliphatic carbocycles. The minimum absolute atomic E-state index is 0.157.